The zero-order valence-corrected chi connectivity index (χ0v) is 10.9. The Morgan fingerprint density at radius 2 is 1.88 bits per heavy atom. The molecule has 0 aliphatic rings. The van der Waals surface area contributed by atoms with E-state index in [1.807, 2.05) is 0 Å². The van der Waals surface area contributed by atoms with Crippen LogP contribution in [0.15, 0.2) is 24.3 Å². The molecule has 0 spiro atoms. The van der Waals surface area contributed by atoms with Gasteiger partial charge in [0.05, 0.1) is 0 Å². The largest absolute Gasteiger partial charge is 0.316 e. The first-order valence-electron chi connectivity index (χ1n) is 6.55. The summed E-state index contributed by atoms with van der Waals surface area (Å²) in [6, 6.07) is 8.78. The molecule has 1 rings (SSSR count). The second-order valence-electron chi connectivity index (χ2n) is 4.55. The highest BCUT2D eigenvalue weighted by molar-refractivity contribution is 5.29. The first-order valence-corrected chi connectivity index (χ1v) is 6.55. The van der Waals surface area contributed by atoms with Crippen LogP contribution in [-0.2, 0) is 0 Å². The summed E-state index contributed by atoms with van der Waals surface area (Å²) in [6.07, 6.45) is 3.75. The zero-order valence-electron chi connectivity index (χ0n) is 10.9. The van der Waals surface area contributed by atoms with Gasteiger partial charge in [-0.3, -0.25) is 0 Å². The monoisotopic (exact) mass is 219 g/mol. The molecule has 0 aliphatic heterocycles. The summed E-state index contributed by atoms with van der Waals surface area (Å²) >= 11 is 0. The van der Waals surface area contributed by atoms with E-state index < -0.39 is 0 Å². The highest BCUT2D eigenvalue weighted by atomic mass is 14.8. The first kappa shape index (κ1) is 13.2. The van der Waals surface area contributed by atoms with Crippen LogP contribution in [0, 0.1) is 6.92 Å². The summed E-state index contributed by atoms with van der Waals surface area (Å²) in [5.41, 5.74) is 2.95. The van der Waals surface area contributed by atoms with Gasteiger partial charge in [-0.15, -0.1) is 0 Å². The van der Waals surface area contributed by atoms with E-state index in [9.17, 15) is 0 Å². The topological polar surface area (TPSA) is 12.0 Å². The van der Waals surface area contributed by atoms with Crippen molar-refractivity contribution in [3.63, 3.8) is 0 Å². The lowest BCUT2D eigenvalue weighted by Gasteiger charge is -2.19. The SMILES string of the molecule is CCCNCC(CCC)c1ccccc1C. The maximum atomic E-state index is 3.55. The first-order chi connectivity index (χ1) is 7.79. The number of aryl methyl sites for hydroxylation is 1. The third-order valence-corrected chi connectivity index (χ3v) is 3.08. The predicted molar refractivity (Wildman–Crippen MR) is 72.0 cm³/mol. The predicted octanol–water partition coefficient (Wildman–Crippen LogP) is 3.88. The molecule has 1 unspecified atom stereocenters. The lowest BCUT2D eigenvalue weighted by Crippen LogP contribution is -2.22. The molecule has 16 heavy (non-hydrogen) atoms. The van der Waals surface area contributed by atoms with Gasteiger partial charge in [-0.25, -0.2) is 0 Å². The zero-order chi connectivity index (χ0) is 11.8. The maximum absolute atomic E-state index is 3.55. The summed E-state index contributed by atoms with van der Waals surface area (Å²) in [4.78, 5) is 0. The Bertz CT molecular complexity index is 293. The quantitative estimate of drug-likeness (QED) is 0.686. The molecule has 1 atom stereocenters. The number of hydrogen-bond donors (Lipinski definition) is 1. The van der Waals surface area contributed by atoms with Crippen LogP contribution in [0.25, 0.3) is 0 Å². The number of nitrogens with one attached hydrogen (secondary N) is 1. The molecular weight excluding hydrogens is 194 g/mol. The third kappa shape index (κ3) is 3.97. The molecule has 90 valence electrons. The van der Waals surface area contributed by atoms with E-state index in [-0.39, 0.29) is 0 Å². The van der Waals surface area contributed by atoms with Crippen molar-refractivity contribution < 1.29 is 0 Å². The molecule has 0 heterocycles. The van der Waals surface area contributed by atoms with Gasteiger partial charge in [0.15, 0.2) is 0 Å². The smallest absolute Gasteiger partial charge is 0.00202 e. The molecule has 0 saturated carbocycles. The van der Waals surface area contributed by atoms with E-state index in [1.54, 1.807) is 0 Å². The molecule has 0 amide bonds. The minimum Gasteiger partial charge on any atom is -0.316 e. The Morgan fingerprint density at radius 3 is 2.50 bits per heavy atom. The van der Waals surface area contributed by atoms with Gasteiger partial charge >= 0.3 is 0 Å². The Hall–Kier alpha value is -0.820. The highest BCUT2D eigenvalue weighted by Gasteiger charge is 2.11. The third-order valence-electron chi connectivity index (χ3n) is 3.08. The van der Waals surface area contributed by atoms with Crippen LogP contribution >= 0.6 is 0 Å². The fraction of sp³-hybridized carbons (Fsp3) is 0.600. The second kappa shape index (κ2) is 7.45. The number of hydrogen-bond acceptors (Lipinski definition) is 1. The van der Waals surface area contributed by atoms with Crippen molar-refractivity contribution in [2.24, 2.45) is 0 Å². The summed E-state index contributed by atoms with van der Waals surface area (Å²) < 4.78 is 0. The van der Waals surface area contributed by atoms with Crippen LogP contribution in [0.5, 0.6) is 0 Å². The van der Waals surface area contributed by atoms with E-state index in [2.05, 4.69) is 50.4 Å². The fourth-order valence-corrected chi connectivity index (χ4v) is 2.21. The highest BCUT2D eigenvalue weighted by Crippen LogP contribution is 2.23. The number of benzene rings is 1. The molecule has 0 aromatic heterocycles. The van der Waals surface area contributed by atoms with Crippen LogP contribution in [0.3, 0.4) is 0 Å². The summed E-state index contributed by atoms with van der Waals surface area (Å²) in [6.45, 7) is 8.96. The minimum atomic E-state index is 0.678. The van der Waals surface area contributed by atoms with Crippen molar-refractivity contribution in [3.8, 4) is 0 Å². The van der Waals surface area contributed by atoms with E-state index in [4.69, 9.17) is 0 Å². The van der Waals surface area contributed by atoms with Crippen molar-refractivity contribution in [2.75, 3.05) is 13.1 Å². The lowest BCUT2D eigenvalue weighted by atomic mass is 9.91. The van der Waals surface area contributed by atoms with E-state index >= 15 is 0 Å². The van der Waals surface area contributed by atoms with Gasteiger partial charge in [0.1, 0.15) is 0 Å². The molecule has 0 fully saturated rings. The molecule has 0 saturated heterocycles. The van der Waals surface area contributed by atoms with Gasteiger partial charge in [-0.2, -0.15) is 0 Å². The minimum absolute atomic E-state index is 0.678. The average Bonchev–Trinajstić information content (AvgIpc) is 2.29. The normalized spacial score (nSPS) is 12.7. The van der Waals surface area contributed by atoms with Gasteiger partial charge in [-0.05, 0) is 43.4 Å². The Labute approximate surface area is 100 Å². The summed E-state index contributed by atoms with van der Waals surface area (Å²) in [5, 5.41) is 3.55. The number of rotatable bonds is 7. The van der Waals surface area contributed by atoms with Crippen LogP contribution < -0.4 is 5.32 Å². The Kier molecular flexibility index (Phi) is 6.17. The van der Waals surface area contributed by atoms with E-state index in [1.165, 1.54) is 30.4 Å². The summed E-state index contributed by atoms with van der Waals surface area (Å²) in [5.74, 6) is 0.678. The lowest BCUT2D eigenvalue weighted by molar-refractivity contribution is 0.541. The van der Waals surface area contributed by atoms with Crippen molar-refractivity contribution in [1.29, 1.82) is 0 Å². The van der Waals surface area contributed by atoms with E-state index in [0.29, 0.717) is 5.92 Å². The van der Waals surface area contributed by atoms with Gasteiger partial charge < -0.3 is 5.32 Å². The van der Waals surface area contributed by atoms with Gasteiger partial charge in [0.2, 0.25) is 0 Å². The van der Waals surface area contributed by atoms with Crippen molar-refractivity contribution in [2.45, 2.75) is 46.0 Å². The Balaban J connectivity index is 2.65. The molecule has 1 aromatic rings. The summed E-state index contributed by atoms with van der Waals surface area (Å²) in [7, 11) is 0. The van der Waals surface area contributed by atoms with Crippen LogP contribution in [0.4, 0.5) is 0 Å². The average molecular weight is 219 g/mol. The molecule has 0 aliphatic carbocycles. The molecule has 0 bridgehead atoms. The molecular formula is C15H25N. The Morgan fingerprint density at radius 1 is 1.12 bits per heavy atom. The van der Waals surface area contributed by atoms with Crippen LogP contribution in [0.2, 0.25) is 0 Å². The van der Waals surface area contributed by atoms with E-state index in [0.717, 1.165) is 13.1 Å². The van der Waals surface area contributed by atoms with Crippen molar-refractivity contribution in [1.82, 2.24) is 5.32 Å². The van der Waals surface area contributed by atoms with Gasteiger partial charge in [-0.1, -0.05) is 44.5 Å². The maximum Gasteiger partial charge on any atom is 0.00202 e. The van der Waals surface area contributed by atoms with Crippen LogP contribution in [0.1, 0.15) is 50.2 Å². The molecule has 1 N–H and O–H groups in total. The fourth-order valence-electron chi connectivity index (χ4n) is 2.21. The van der Waals surface area contributed by atoms with Crippen LogP contribution in [-0.4, -0.2) is 13.1 Å². The molecule has 1 heteroatoms. The molecule has 1 nitrogen and oxygen atoms in total. The van der Waals surface area contributed by atoms with Crippen molar-refractivity contribution >= 4 is 0 Å². The van der Waals surface area contributed by atoms with Gasteiger partial charge in [0, 0.05) is 6.54 Å². The standard InChI is InChI=1S/C15H25N/c1-4-8-14(12-16-11-5-2)15-10-7-6-9-13(15)3/h6-7,9-10,14,16H,4-5,8,11-12H2,1-3H3. The van der Waals surface area contributed by atoms with Crippen molar-refractivity contribution in [3.05, 3.63) is 35.4 Å². The molecule has 1 aromatic carbocycles. The second-order valence-corrected chi connectivity index (χ2v) is 4.55. The molecule has 0 radical (unpaired) electrons. The van der Waals surface area contributed by atoms with Gasteiger partial charge in [0.25, 0.3) is 0 Å².